The van der Waals surface area contributed by atoms with E-state index in [1.165, 1.54) is 0 Å². The standard InChI is InChI=1S/C15H22N2O3/c1-2-19-14-10-16-9-8-13(14)17-15(18)20-11-12-6-4-3-5-7-12/h3-7,13-14,16H,2,8-11H2,1H3,(H,17,18). The van der Waals surface area contributed by atoms with Gasteiger partial charge >= 0.3 is 6.09 Å². The van der Waals surface area contributed by atoms with Crippen LogP contribution in [0.4, 0.5) is 4.79 Å². The summed E-state index contributed by atoms with van der Waals surface area (Å²) in [5.41, 5.74) is 0.981. The molecule has 5 heteroatoms. The molecule has 0 radical (unpaired) electrons. The topological polar surface area (TPSA) is 59.6 Å². The number of alkyl carbamates (subject to hydrolysis) is 1. The molecule has 2 atom stereocenters. The summed E-state index contributed by atoms with van der Waals surface area (Å²) in [7, 11) is 0. The van der Waals surface area contributed by atoms with E-state index in [1.807, 2.05) is 37.3 Å². The maximum absolute atomic E-state index is 11.8. The summed E-state index contributed by atoms with van der Waals surface area (Å²) in [4.78, 5) is 11.8. The highest BCUT2D eigenvalue weighted by Crippen LogP contribution is 2.09. The van der Waals surface area contributed by atoms with Gasteiger partial charge in [-0.25, -0.2) is 4.79 Å². The van der Waals surface area contributed by atoms with Crippen molar-refractivity contribution in [1.82, 2.24) is 10.6 Å². The van der Waals surface area contributed by atoms with Crippen LogP contribution in [0.3, 0.4) is 0 Å². The Balaban J connectivity index is 1.78. The Morgan fingerprint density at radius 3 is 2.95 bits per heavy atom. The Labute approximate surface area is 119 Å². The van der Waals surface area contributed by atoms with Gasteiger partial charge in [0, 0.05) is 13.2 Å². The fraction of sp³-hybridized carbons (Fsp3) is 0.533. The summed E-state index contributed by atoms with van der Waals surface area (Å²) in [5, 5.41) is 6.16. The minimum absolute atomic E-state index is 0.0121. The molecule has 5 nitrogen and oxygen atoms in total. The molecule has 1 heterocycles. The molecule has 1 saturated heterocycles. The van der Waals surface area contributed by atoms with Crippen molar-refractivity contribution in [1.29, 1.82) is 0 Å². The van der Waals surface area contributed by atoms with E-state index in [9.17, 15) is 4.79 Å². The molecule has 20 heavy (non-hydrogen) atoms. The van der Waals surface area contributed by atoms with Crippen LogP contribution >= 0.6 is 0 Å². The number of nitrogens with one attached hydrogen (secondary N) is 2. The first-order chi connectivity index (χ1) is 9.79. The lowest BCUT2D eigenvalue weighted by Gasteiger charge is -2.32. The molecule has 2 N–H and O–H groups in total. The van der Waals surface area contributed by atoms with Crippen molar-refractivity contribution >= 4 is 6.09 Å². The van der Waals surface area contributed by atoms with Crippen molar-refractivity contribution < 1.29 is 14.3 Å². The van der Waals surface area contributed by atoms with E-state index >= 15 is 0 Å². The minimum atomic E-state index is -0.384. The van der Waals surface area contributed by atoms with Crippen molar-refractivity contribution in [2.24, 2.45) is 0 Å². The van der Waals surface area contributed by atoms with Crippen LogP contribution < -0.4 is 10.6 Å². The third-order valence-corrected chi connectivity index (χ3v) is 3.32. The fourth-order valence-electron chi connectivity index (χ4n) is 2.30. The van der Waals surface area contributed by atoms with Crippen molar-refractivity contribution in [3.8, 4) is 0 Å². The summed E-state index contributed by atoms with van der Waals surface area (Å²) in [6.07, 6.45) is 0.481. The molecular weight excluding hydrogens is 256 g/mol. The Hall–Kier alpha value is -1.59. The highest BCUT2D eigenvalue weighted by Gasteiger charge is 2.27. The Kier molecular flexibility index (Phi) is 5.83. The number of carbonyl (C=O) groups excluding carboxylic acids is 1. The number of carbonyl (C=O) groups is 1. The normalized spacial score (nSPS) is 22.2. The molecule has 110 valence electrons. The maximum Gasteiger partial charge on any atom is 0.407 e. The van der Waals surface area contributed by atoms with E-state index in [2.05, 4.69) is 10.6 Å². The van der Waals surface area contributed by atoms with Crippen molar-refractivity contribution in [2.75, 3.05) is 19.7 Å². The average molecular weight is 278 g/mol. The summed E-state index contributed by atoms with van der Waals surface area (Å²) in [5.74, 6) is 0. The lowest BCUT2D eigenvalue weighted by molar-refractivity contribution is 0.0195. The van der Waals surface area contributed by atoms with Gasteiger partial charge in [0.15, 0.2) is 0 Å². The average Bonchev–Trinajstić information content (AvgIpc) is 2.49. The van der Waals surface area contributed by atoms with Crippen LogP contribution in [0.5, 0.6) is 0 Å². The summed E-state index contributed by atoms with van der Waals surface area (Å²) in [6, 6.07) is 9.66. The van der Waals surface area contributed by atoms with Gasteiger partial charge < -0.3 is 20.1 Å². The molecule has 0 aromatic heterocycles. The number of ether oxygens (including phenoxy) is 2. The molecule has 1 aromatic rings. The molecule has 1 aliphatic rings. The summed E-state index contributed by atoms with van der Waals surface area (Å²) >= 11 is 0. The second-order valence-electron chi connectivity index (χ2n) is 4.80. The first kappa shape index (κ1) is 14.8. The van der Waals surface area contributed by atoms with E-state index < -0.39 is 0 Å². The van der Waals surface area contributed by atoms with Crippen LogP contribution in [0.25, 0.3) is 0 Å². The lowest BCUT2D eigenvalue weighted by atomic mass is 10.0. The zero-order valence-corrected chi connectivity index (χ0v) is 11.8. The number of amides is 1. The number of hydrogen-bond acceptors (Lipinski definition) is 4. The van der Waals surface area contributed by atoms with Gasteiger partial charge in [-0.3, -0.25) is 0 Å². The minimum Gasteiger partial charge on any atom is -0.445 e. The van der Waals surface area contributed by atoms with Crippen molar-refractivity contribution in [3.05, 3.63) is 35.9 Å². The van der Waals surface area contributed by atoms with Gasteiger partial charge in [-0.15, -0.1) is 0 Å². The number of hydrogen-bond donors (Lipinski definition) is 2. The highest BCUT2D eigenvalue weighted by molar-refractivity contribution is 5.67. The van der Waals surface area contributed by atoms with E-state index in [4.69, 9.17) is 9.47 Å². The Morgan fingerprint density at radius 1 is 1.40 bits per heavy atom. The molecule has 0 aliphatic carbocycles. The van der Waals surface area contributed by atoms with Crippen LogP contribution in [0.1, 0.15) is 18.9 Å². The predicted molar refractivity (Wildman–Crippen MR) is 76.5 cm³/mol. The van der Waals surface area contributed by atoms with Crippen molar-refractivity contribution in [2.45, 2.75) is 32.1 Å². The molecule has 2 unspecified atom stereocenters. The zero-order valence-electron chi connectivity index (χ0n) is 11.8. The number of benzene rings is 1. The van der Waals surface area contributed by atoms with E-state index in [0.29, 0.717) is 6.61 Å². The van der Waals surface area contributed by atoms with Crippen LogP contribution in [0, 0.1) is 0 Å². The first-order valence-corrected chi connectivity index (χ1v) is 7.09. The first-order valence-electron chi connectivity index (χ1n) is 7.09. The van der Waals surface area contributed by atoms with Gasteiger partial charge in [0.2, 0.25) is 0 Å². The van der Waals surface area contributed by atoms with Gasteiger partial charge in [0.25, 0.3) is 0 Å². The Bertz CT molecular complexity index is 409. The second kappa shape index (κ2) is 7.87. The van der Waals surface area contributed by atoms with E-state index in [-0.39, 0.29) is 24.8 Å². The summed E-state index contributed by atoms with van der Waals surface area (Å²) < 4.78 is 10.9. The smallest absolute Gasteiger partial charge is 0.407 e. The third-order valence-electron chi connectivity index (χ3n) is 3.32. The second-order valence-corrected chi connectivity index (χ2v) is 4.80. The molecule has 1 aliphatic heterocycles. The van der Waals surface area contributed by atoms with E-state index in [0.717, 1.165) is 25.1 Å². The molecule has 1 amide bonds. The van der Waals surface area contributed by atoms with Gasteiger partial charge in [-0.1, -0.05) is 30.3 Å². The van der Waals surface area contributed by atoms with Gasteiger partial charge in [-0.05, 0) is 25.5 Å². The van der Waals surface area contributed by atoms with Gasteiger partial charge in [0.05, 0.1) is 12.1 Å². The maximum atomic E-state index is 11.8. The largest absolute Gasteiger partial charge is 0.445 e. The molecule has 0 saturated carbocycles. The number of rotatable bonds is 5. The number of piperidine rings is 1. The van der Waals surface area contributed by atoms with Gasteiger partial charge in [-0.2, -0.15) is 0 Å². The van der Waals surface area contributed by atoms with Crippen LogP contribution in [-0.4, -0.2) is 37.9 Å². The van der Waals surface area contributed by atoms with E-state index in [1.54, 1.807) is 0 Å². The molecule has 0 spiro atoms. The fourth-order valence-corrected chi connectivity index (χ4v) is 2.30. The third kappa shape index (κ3) is 4.51. The van der Waals surface area contributed by atoms with Crippen molar-refractivity contribution in [3.63, 3.8) is 0 Å². The van der Waals surface area contributed by atoms with Crippen LogP contribution in [-0.2, 0) is 16.1 Å². The molecular formula is C15H22N2O3. The SMILES string of the molecule is CCOC1CNCCC1NC(=O)OCc1ccccc1. The molecule has 0 bridgehead atoms. The lowest BCUT2D eigenvalue weighted by Crippen LogP contribution is -2.53. The van der Waals surface area contributed by atoms with Gasteiger partial charge in [0.1, 0.15) is 6.61 Å². The predicted octanol–water partition coefficient (Wildman–Crippen LogP) is 1.68. The quantitative estimate of drug-likeness (QED) is 0.860. The molecule has 1 aromatic carbocycles. The van der Waals surface area contributed by atoms with Crippen LogP contribution in [0.15, 0.2) is 30.3 Å². The summed E-state index contributed by atoms with van der Waals surface area (Å²) in [6.45, 7) is 4.53. The van der Waals surface area contributed by atoms with Crippen LogP contribution in [0.2, 0.25) is 0 Å². The Morgan fingerprint density at radius 2 is 2.20 bits per heavy atom. The molecule has 1 fully saturated rings. The monoisotopic (exact) mass is 278 g/mol. The highest BCUT2D eigenvalue weighted by atomic mass is 16.5. The zero-order chi connectivity index (χ0) is 14.2. The molecule has 2 rings (SSSR count).